The third kappa shape index (κ3) is 5.29. The van der Waals surface area contributed by atoms with E-state index in [0.29, 0.717) is 0 Å². The second-order valence-corrected chi connectivity index (χ2v) is 4.73. The number of rotatable bonds is 2. The van der Waals surface area contributed by atoms with Crippen LogP contribution in [0.2, 0.25) is 5.02 Å². The highest BCUT2D eigenvalue weighted by molar-refractivity contribution is 6.30. The molecular formula is C19H15Cl. The molecule has 0 nitrogen and oxygen atoms in total. The molecule has 0 heterocycles. The summed E-state index contributed by atoms with van der Waals surface area (Å²) in [6, 6.07) is 31.6. The third-order valence-corrected chi connectivity index (χ3v) is 2.97. The minimum absolute atomic E-state index is 0.763. The molecule has 3 rings (SSSR count). The molecule has 0 aromatic heterocycles. The van der Waals surface area contributed by atoms with Crippen molar-refractivity contribution < 1.29 is 0 Å². The topological polar surface area (TPSA) is 0 Å². The second kappa shape index (κ2) is 8.19. The molecule has 0 bridgehead atoms. The van der Waals surface area contributed by atoms with Gasteiger partial charge in [0.15, 0.2) is 0 Å². The van der Waals surface area contributed by atoms with Gasteiger partial charge < -0.3 is 0 Å². The van der Waals surface area contributed by atoms with Crippen LogP contribution in [0.1, 0.15) is 11.1 Å². The normalized spacial score (nSPS) is 9.45. The average molecular weight is 279 g/mol. The van der Waals surface area contributed by atoms with E-state index in [1.807, 2.05) is 18.2 Å². The molecule has 0 unspecified atom stereocenters. The van der Waals surface area contributed by atoms with Crippen LogP contribution >= 0.6 is 11.6 Å². The average Bonchev–Trinajstić information content (AvgIpc) is 2.51. The summed E-state index contributed by atoms with van der Waals surface area (Å²) in [4.78, 5) is 0. The Labute approximate surface area is 125 Å². The van der Waals surface area contributed by atoms with Crippen molar-refractivity contribution in [3.8, 4) is 0 Å². The van der Waals surface area contributed by atoms with Gasteiger partial charge in [0.05, 0.1) is 0 Å². The molecule has 1 heteroatoms. The summed E-state index contributed by atoms with van der Waals surface area (Å²) in [5.74, 6) is 0. The van der Waals surface area contributed by atoms with Gasteiger partial charge in [-0.05, 0) is 41.8 Å². The molecule has 0 N–H and O–H groups in total. The summed E-state index contributed by atoms with van der Waals surface area (Å²) in [5, 5.41) is 0.763. The molecule has 0 amide bonds. The van der Waals surface area contributed by atoms with Crippen molar-refractivity contribution in [3.05, 3.63) is 107 Å². The Morgan fingerprint density at radius 1 is 0.650 bits per heavy atom. The molecule has 0 aliphatic carbocycles. The quantitative estimate of drug-likeness (QED) is 0.603. The van der Waals surface area contributed by atoms with E-state index in [1.165, 1.54) is 11.1 Å². The second-order valence-electron chi connectivity index (χ2n) is 4.29. The number of benzene rings is 3. The van der Waals surface area contributed by atoms with Crippen molar-refractivity contribution in [1.82, 2.24) is 0 Å². The fourth-order valence-corrected chi connectivity index (χ4v) is 1.86. The molecule has 3 aromatic carbocycles. The van der Waals surface area contributed by atoms with Crippen LogP contribution in [-0.4, -0.2) is 0 Å². The lowest BCUT2D eigenvalue weighted by Gasteiger charge is -1.99. The smallest absolute Gasteiger partial charge is 0.0406 e. The molecule has 0 saturated heterocycles. The van der Waals surface area contributed by atoms with Crippen molar-refractivity contribution in [1.29, 1.82) is 0 Å². The molecule has 2 radical (unpaired) electrons. The standard InChI is InChI=1S/C13H11.C6H4Cl/c1-3-7-12(8-4-1)11-13-9-5-2-6-10-13;7-6-4-2-1-3-5-6/h1,3-10H,11H2;2-5H. The van der Waals surface area contributed by atoms with Gasteiger partial charge >= 0.3 is 0 Å². The number of halogens is 1. The van der Waals surface area contributed by atoms with E-state index < -0.39 is 0 Å². The van der Waals surface area contributed by atoms with Crippen LogP contribution in [0.5, 0.6) is 0 Å². The van der Waals surface area contributed by atoms with E-state index in [-0.39, 0.29) is 0 Å². The van der Waals surface area contributed by atoms with Gasteiger partial charge in [-0.3, -0.25) is 0 Å². The Morgan fingerprint density at radius 2 is 1.15 bits per heavy atom. The summed E-state index contributed by atoms with van der Waals surface area (Å²) in [6.45, 7) is 0. The predicted octanol–water partition coefficient (Wildman–Crippen LogP) is 5.22. The maximum Gasteiger partial charge on any atom is 0.0406 e. The molecule has 0 saturated carbocycles. The lowest BCUT2D eigenvalue weighted by Crippen LogP contribution is -1.85. The fraction of sp³-hybridized carbons (Fsp3) is 0.0526. The highest BCUT2D eigenvalue weighted by Crippen LogP contribution is 2.07. The van der Waals surface area contributed by atoms with E-state index in [0.717, 1.165) is 11.4 Å². The summed E-state index contributed by atoms with van der Waals surface area (Å²) in [6.07, 6.45) is 1.01. The van der Waals surface area contributed by atoms with E-state index in [1.54, 1.807) is 24.3 Å². The highest BCUT2D eigenvalue weighted by Gasteiger charge is 1.92. The van der Waals surface area contributed by atoms with Gasteiger partial charge in [-0.2, -0.15) is 0 Å². The first-order valence-electron chi connectivity index (χ1n) is 6.45. The van der Waals surface area contributed by atoms with Crippen LogP contribution in [0.15, 0.2) is 78.9 Å². The monoisotopic (exact) mass is 278 g/mol. The summed E-state index contributed by atoms with van der Waals surface area (Å²) >= 11 is 5.52. The van der Waals surface area contributed by atoms with Crippen LogP contribution in [0.4, 0.5) is 0 Å². The Morgan fingerprint density at radius 3 is 1.65 bits per heavy atom. The summed E-state index contributed by atoms with van der Waals surface area (Å²) in [5.41, 5.74) is 2.69. The Hall–Kier alpha value is -2.05. The first-order chi connectivity index (χ1) is 9.84. The summed E-state index contributed by atoms with van der Waals surface area (Å²) in [7, 11) is 0. The number of hydrogen-bond acceptors (Lipinski definition) is 0. The minimum Gasteiger partial charge on any atom is -0.0843 e. The number of hydrogen-bond donors (Lipinski definition) is 0. The zero-order valence-electron chi connectivity index (χ0n) is 11.1. The van der Waals surface area contributed by atoms with Crippen molar-refractivity contribution in [2.75, 3.05) is 0 Å². The van der Waals surface area contributed by atoms with Gasteiger partial charge in [0.1, 0.15) is 0 Å². The van der Waals surface area contributed by atoms with Gasteiger partial charge in [0, 0.05) is 5.02 Å². The van der Waals surface area contributed by atoms with Gasteiger partial charge in [0.25, 0.3) is 0 Å². The molecule has 0 aliphatic heterocycles. The lowest BCUT2D eigenvalue weighted by atomic mass is 10.1. The Bertz CT molecular complexity index is 551. The zero-order valence-corrected chi connectivity index (χ0v) is 11.8. The van der Waals surface area contributed by atoms with Crippen molar-refractivity contribution in [2.24, 2.45) is 0 Å². The van der Waals surface area contributed by atoms with Crippen LogP contribution in [0, 0.1) is 12.1 Å². The van der Waals surface area contributed by atoms with Crippen LogP contribution < -0.4 is 0 Å². The van der Waals surface area contributed by atoms with E-state index >= 15 is 0 Å². The van der Waals surface area contributed by atoms with Gasteiger partial charge in [-0.1, -0.05) is 78.3 Å². The predicted molar refractivity (Wildman–Crippen MR) is 84.8 cm³/mol. The van der Waals surface area contributed by atoms with E-state index in [4.69, 9.17) is 11.6 Å². The summed E-state index contributed by atoms with van der Waals surface area (Å²) < 4.78 is 0. The Kier molecular flexibility index (Phi) is 5.88. The first-order valence-corrected chi connectivity index (χ1v) is 6.83. The van der Waals surface area contributed by atoms with Crippen molar-refractivity contribution >= 4 is 11.6 Å². The van der Waals surface area contributed by atoms with Crippen molar-refractivity contribution in [2.45, 2.75) is 6.42 Å². The van der Waals surface area contributed by atoms with Crippen LogP contribution in [0.3, 0.4) is 0 Å². The van der Waals surface area contributed by atoms with Gasteiger partial charge in [0.2, 0.25) is 0 Å². The lowest BCUT2D eigenvalue weighted by molar-refractivity contribution is 1.19. The van der Waals surface area contributed by atoms with Gasteiger partial charge in [-0.15, -0.1) is 0 Å². The van der Waals surface area contributed by atoms with Crippen molar-refractivity contribution in [3.63, 3.8) is 0 Å². The van der Waals surface area contributed by atoms with Gasteiger partial charge in [-0.25, -0.2) is 0 Å². The molecule has 98 valence electrons. The van der Waals surface area contributed by atoms with E-state index in [2.05, 4.69) is 48.5 Å². The van der Waals surface area contributed by atoms with E-state index in [9.17, 15) is 0 Å². The molecular weight excluding hydrogens is 264 g/mol. The highest BCUT2D eigenvalue weighted by atomic mass is 35.5. The first kappa shape index (κ1) is 14.4. The van der Waals surface area contributed by atoms with Crippen LogP contribution in [-0.2, 0) is 6.42 Å². The molecule has 0 atom stereocenters. The Balaban J connectivity index is 0.000000178. The largest absolute Gasteiger partial charge is 0.0843 e. The molecule has 0 spiro atoms. The SMILES string of the molecule is Clc1cc[c]cc1.[c]1ccc(Cc2ccccc2)cc1. The fourth-order valence-electron chi connectivity index (χ4n) is 1.74. The van der Waals surface area contributed by atoms with Crippen LogP contribution in [0.25, 0.3) is 0 Å². The molecule has 0 fully saturated rings. The maximum atomic E-state index is 5.52. The third-order valence-electron chi connectivity index (χ3n) is 2.72. The maximum absolute atomic E-state index is 5.52. The molecule has 3 aromatic rings. The minimum atomic E-state index is 0.763. The molecule has 20 heavy (non-hydrogen) atoms. The zero-order chi connectivity index (χ0) is 14.0. The molecule has 0 aliphatic rings.